The molecular weight excluding hydrogens is 404 g/mol. The Morgan fingerprint density at radius 2 is 1.97 bits per heavy atom. The van der Waals surface area contributed by atoms with Crippen LogP contribution in [0.3, 0.4) is 0 Å². The SMILES string of the molecule is CC(C)N1C[C@H](c2cc(N(C)C)nc(CN(C)S(=O)(=O)c3cccnc3)n2)CC1=O. The fraction of sp³-hybridized carbons (Fsp3) is 0.500. The maximum absolute atomic E-state index is 12.8. The second kappa shape index (κ2) is 8.65. The number of carbonyl (C=O) groups excluding carboxylic acids is 1. The third-order valence-electron chi connectivity index (χ3n) is 5.14. The van der Waals surface area contributed by atoms with Crippen LogP contribution in [0.1, 0.15) is 37.7 Å². The lowest BCUT2D eigenvalue weighted by Crippen LogP contribution is -2.32. The van der Waals surface area contributed by atoms with E-state index in [1.807, 2.05) is 43.8 Å². The summed E-state index contributed by atoms with van der Waals surface area (Å²) in [6, 6.07) is 5.10. The van der Waals surface area contributed by atoms with Crippen molar-refractivity contribution in [2.45, 2.75) is 43.7 Å². The van der Waals surface area contributed by atoms with Gasteiger partial charge in [0.25, 0.3) is 0 Å². The molecule has 162 valence electrons. The topological polar surface area (TPSA) is 99.6 Å². The molecule has 10 heteroatoms. The lowest BCUT2D eigenvalue weighted by molar-refractivity contribution is -0.129. The fourth-order valence-electron chi connectivity index (χ4n) is 3.40. The van der Waals surface area contributed by atoms with E-state index in [4.69, 9.17) is 0 Å². The Balaban J connectivity index is 1.89. The van der Waals surface area contributed by atoms with Gasteiger partial charge in [-0.2, -0.15) is 4.31 Å². The van der Waals surface area contributed by atoms with Gasteiger partial charge in [-0.15, -0.1) is 0 Å². The summed E-state index contributed by atoms with van der Waals surface area (Å²) < 4.78 is 26.9. The summed E-state index contributed by atoms with van der Waals surface area (Å²) in [4.78, 5) is 29.2. The minimum atomic E-state index is -3.72. The van der Waals surface area contributed by atoms with Crippen LogP contribution in [0.2, 0.25) is 0 Å². The summed E-state index contributed by atoms with van der Waals surface area (Å²) in [5.41, 5.74) is 0.757. The second-order valence-electron chi connectivity index (χ2n) is 7.95. The molecule has 0 aromatic carbocycles. The lowest BCUT2D eigenvalue weighted by Gasteiger charge is -2.22. The van der Waals surface area contributed by atoms with Crippen LogP contribution in [-0.4, -0.2) is 72.2 Å². The van der Waals surface area contributed by atoms with Crippen molar-refractivity contribution >= 4 is 21.7 Å². The Kier molecular flexibility index (Phi) is 6.37. The normalized spacial score (nSPS) is 17.2. The van der Waals surface area contributed by atoms with Crippen molar-refractivity contribution in [3.8, 4) is 0 Å². The number of pyridine rings is 1. The summed E-state index contributed by atoms with van der Waals surface area (Å²) in [5.74, 6) is 1.14. The molecule has 0 bridgehead atoms. The molecule has 0 spiro atoms. The molecular formula is C20H28N6O3S. The first-order chi connectivity index (χ1) is 14.1. The molecule has 1 amide bonds. The molecule has 3 heterocycles. The summed E-state index contributed by atoms with van der Waals surface area (Å²) in [6.07, 6.45) is 3.24. The van der Waals surface area contributed by atoms with Gasteiger partial charge in [-0.05, 0) is 26.0 Å². The van der Waals surface area contributed by atoms with Crippen LogP contribution in [0, 0.1) is 0 Å². The standard InChI is InChI=1S/C20H28N6O3S/c1-14(2)26-12-15(9-20(26)27)17-10-19(24(3)4)23-18(22-17)13-25(5)30(28,29)16-7-6-8-21-11-16/h6-8,10-11,14-15H,9,12-13H2,1-5H3/t15-/m1/s1. The quantitative estimate of drug-likeness (QED) is 0.653. The van der Waals surface area contributed by atoms with E-state index < -0.39 is 10.0 Å². The van der Waals surface area contributed by atoms with Crippen LogP contribution >= 0.6 is 0 Å². The minimum absolute atomic E-state index is 0.0144. The molecule has 3 rings (SSSR count). The van der Waals surface area contributed by atoms with Crippen molar-refractivity contribution in [3.05, 3.63) is 42.1 Å². The van der Waals surface area contributed by atoms with Crippen LogP contribution in [0.5, 0.6) is 0 Å². The summed E-state index contributed by atoms with van der Waals surface area (Å²) in [7, 11) is 1.51. The molecule has 1 saturated heterocycles. The van der Waals surface area contributed by atoms with Crippen molar-refractivity contribution < 1.29 is 13.2 Å². The number of anilines is 1. The van der Waals surface area contributed by atoms with E-state index in [2.05, 4.69) is 15.0 Å². The third-order valence-corrected chi connectivity index (χ3v) is 6.93. The van der Waals surface area contributed by atoms with Crippen LogP contribution < -0.4 is 4.90 Å². The molecule has 0 radical (unpaired) electrons. The Hall–Kier alpha value is -2.59. The highest BCUT2D eigenvalue weighted by Crippen LogP contribution is 2.30. The van der Waals surface area contributed by atoms with Gasteiger partial charge < -0.3 is 9.80 Å². The van der Waals surface area contributed by atoms with Gasteiger partial charge in [0, 0.05) is 64.5 Å². The highest BCUT2D eigenvalue weighted by molar-refractivity contribution is 7.89. The predicted octanol–water partition coefficient (Wildman–Crippen LogP) is 1.48. The number of carbonyl (C=O) groups is 1. The Labute approximate surface area is 177 Å². The lowest BCUT2D eigenvalue weighted by atomic mass is 10.0. The van der Waals surface area contributed by atoms with Crippen molar-refractivity contribution in [2.75, 3.05) is 32.6 Å². The first-order valence-corrected chi connectivity index (χ1v) is 11.2. The number of likely N-dealkylation sites (tertiary alicyclic amines) is 1. The van der Waals surface area contributed by atoms with Crippen molar-refractivity contribution in [3.63, 3.8) is 0 Å². The molecule has 0 unspecified atom stereocenters. The maximum Gasteiger partial charge on any atom is 0.244 e. The molecule has 1 aliphatic heterocycles. The Bertz CT molecular complexity index is 1010. The number of hydrogen-bond donors (Lipinski definition) is 0. The fourth-order valence-corrected chi connectivity index (χ4v) is 4.49. The average molecular weight is 433 g/mol. The van der Waals surface area contributed by atoms with E-state index in [0.717, 1.165) is 5.69 Å². The maximum atomic E-state index is 12.8. The molecule has 2 aromatic heterocycles. The number of hydrogen-bond acceptors (Lipinski definition) is 7. The Morgan fingerprint density at radius 1 is 1.23 bits per heavy atom. The van der Waals surface area contributed by atoms with Gasteiger partial charge >= 0.3 is 0 Å². The second-order valence-corrected chi connectivity index (χ2v) is 10.00. The van der Waals surface area contributed by atoms with E-state index in [1.165, 1.54) is 29.8 Å². The number of amides is 1. The molecule has 30 heavy (non-hydrogen) atoms. The highest BCUT2D eigenvalue weighted by atomic mass is 32.2. The first-order valence-electron chi connectivity index (χ1n) is 9.80. The van der Waals surface area contributed by atoms with Crippen LogP contribution in [0.25, 0.3) is 0 Å². The monoisotopic (exact) mass is 432 g/mol. The predicted molar refractivity (Wildman–Crippen MR) is 113 cm³/mol. The van der Waals surface area contributed by atoms with Crippen LogP contribution in [0.15, 0.2) is 35.5 Å². The third kappa shape index (κ3) is 4.59. The van der Waals surface area contributed by atoms with Crippen LogP contribution in [0.4, 0.5) is 5.82 Å². The smallest absolute Gasteiger partial charge is 0.244 e. The summed E-state index contributed by atoms with van der Waals surface area (Å²) in [5, 5.41) is 0. The minimum Gasteiger partial charge on any atom is -0.363 e. The molecule has 1 fully saturated rings. The van der Waals surface area contributed by atoms with Crippen molar-refractivity contribution in [2.24, 2.45) is 0 Å². The van der Waals surface area contributed by atoms with E-state index in [0.29, 0.717) is 24.6 Å². The molecule has 0 saturated carbocycles. The van der Waals surface area contributed by atoms with Crippen molar-refractivity contribution in [1.29, 1.82) is 0 Å². The van der Waals surface area contributed by atoms with Gasteiger partial charge in [0.1, 0.15) is 16.5 Å². The van der Waals surface area contributed by atoms with Crippen molar-refractivity contribution in [1.82, 2.24) is 24.2 Å². The van der Waals surface area contributed by atoms with E-state index in [1.54, 1.807) is 6.07 Å². The molecule has 9 nitrogen and oxygen atoms in total. The average Bonchev–Trinajstić information content (AvgIpc) is 3.10. The number of rotatable bonds is 7. The molecule has 1 atom stereocenters. The van der Waals surface area contributed by atoms with Gasteiger partial charge in [-0.1, -0.05) is 0 Å². The zero-order valence-corrected chi connectivity index (χ0v) is 18.8. The molecule has 1 aliphatic rings. The number of nitrogens with zero attached hydrogens (tertiary/aromatic N) is 6. The Morgan fingerprint density at radius 3 is 2.53 bits per heavy atom. The number of sulfonamides is 1. The zero-order valence-electron chi connectivity index (χ0n) is 18.0. The summed E-state index contributed by atoms with van der Waals surface area (Å²) in [6.45, 7) is 4.61. The van der Waals surface area contributed by atoms with Gasteiger partial charge in [-0.3, -0.25) is 9.78 Å². The van der Waals surface area contributed by atoms with E-state index >= 15 is 0 Å². The largest absolute Gasteiger partial charge is 0.363 e. The molecule has 0 aliphatic carbocycles. The van der Waals surface area contributed by atoms with Gasteiger partial charge in [0.2, 0.25) is 15.9 Å². The first kappa shape index (κ1) is 22.1. The summed E-state index contributed by atoms with van der Waals surface area (Å²) >= 11 is 0. The number of aromatic nitrogens is 3. The van der Waals surface area contributed by atoms with E-state index in [-0.39, 0.29) is 29.3 Å². The van der Waals surface area contributed by atoms with Gasteiger partial charge in [0.05, 0.1) is 12.2 Å². The van der Waals surface area contributed by atoms with E-state index in [9.17, 15) is 13.2 Å². The van der Waals surface area contributed by atoms with Gasteiger partial charge in [0.15, 0.2) is 0 Å². The van der Waals surface area contributed by atoms with Gasteiger partial charge in [-0.25, -0.2) is 18.4 Å². The zero-order chi connectivity index (χ0) is 22.1. The van der Waals surface area contributed by atoms with Crippen LogP contribution in [-0.2, 0) is 21.4 Å². The molecule has 2 aromatic rings. The highest BCUT2D eigenvalue weighted by Gasteiger charge is 2.33. The molecule has 0 N–H and O–H groups in total.